The van der Waals surface area contributed by atoms with Gasteiger partial charge in [-0.25, -0.2) is 21.1 Å². The van der Waals surface area contributed by atoms with Gasteiger partial charge in [0.1, 0.15) is 0 Å². The van der Waals surface area contributed by atoms with Gasteiger partial charge in [0.05, 0.1) is 15.5 Å². The molecule has 2 aromatic carbocycles. The number of hydrogen-bond donors (Lipinski definition) is 1. The van der Waals surface area contributed by atoms with Crippen LogP contribution >= 0.6 is 11.6 Å². The normalized spacial score (nSPS) is 12.4. The summed E-state index contributed by atoms with van der Waals surface area (Å²) >= 11 is 6.00. The zero-order valence-corrected chi connectivity index (χ0v) is 16.6. The molecule has 0 bridgehead atoms. The lowest BCUT2D eigenvalue weighted by molar-refractivity contribution is 0.520. The average Bonchev–Trinajstić information content (AvgIpc) is 2.51. The van der Waals surface area contributed by atoms with Crippen molar-refractivity contribution in [2.24, 2.45) is 0 Å². The number of halogens is 1. The van der Waals surface area contributed by atoms with Crippen LogP contribution in [0.1, 0.15) is 11.1 Å². The molecular formula is C16H19ClN2O4S2. The van der Waals surface area contributed by atoms with E-state index in [0.717, 1.165) is 9.87 Å². The van der Waals surface area contributed by atoms with E-state index in [1.807, 2.05) is 0 Å². The molecule has 2 aromatic rings. The van der Waals surface area contributed by atoms with Crippen molar-refractivity contribution >= 4 is 37.3 Å². The van der Waals surface area contributed by atoms with Crippen molar-refractivity contribution in [3.05, 3.63) is 52.5 Å². The van der Waals surface area contributed by atoms with Crippen molar-refractivity contribution in [3.8, 4) is 0 Å². The highest BCUT2D eigenvalue weighted by Crippen LogP contribution is 2.26. The molecule has 136 valence electrons. The van der Waals surface area contributed by atoms with Gasteiger partial charge in [0, 0.05) is 19.1 Å². The highest BCUT2D eigenvalue weighted by atomic mass is 35.5. The van der Waals surface area contributed by atoms with Gasteiger partial charge >= 0.3 is 0 Å². The van der Waals surface area contributed by atoms with Gasteiger partial charge in [0.25, 0.3) is 10.0 Å². The maximum atomic E-state index is 12.6. The minimum Gasteiger partial charge on any atom is -0.279 e. The molecule has 0 aliphatic heterocycles. The third-order valence-corrected chi connectivity index (χ3v) is 7.27. The molecule has 0 aliphatic rings. The molecule has 25 heavy (non-hydrogen) atoms. The first-order valence-corrected chi connectivity index (χ1v) is 10.6. The summed E-state index contributed by atoms with van der Waals surface area (Å²) in [6.45, 7) is 3.46. The Bertz CT molecular complexity index is 1020. The van der Waals surface area contributed by atoms with Crippen LogP contribution in [0.2, 0.25) is 5.02 Å². The van der Waals surface area contributed by atoms with Crippen molar-refractivity contribution in [1.29, 1.82) is 0 Å². The number of sulfonamides is 2. The van der Waals surface area contributed by atoms with Gasteiger partial charge in [-0.05, 0) is 49.2 Å². The lowest BCUT2D eigenvalue weighted by atomic mass is 10.2. The molecule has 1 N–H and O–H groups in total. The number of nitrogens with one attached hydrogen (secondary N) is 1. The molecule has 6 nitrogen and oxygen atoms in total. The molecule has 0 saturated heterocycles. The van der Waals surface area contributed by atoms with Gasteiger partial charge in [0.2, 0.25) is 10.0 Å². The largest absolute Gasteiger partial charge is 0.279 e. The van der Waals surface area contributed by atoms with Crippen molar-refractivity contribution < 1.29 is 16.8 Å². The second-order valence-electron chi connectivity index (χ2n) is 5.78. The molecule has 0 atom stereocenters. The van der Waals surface area contributed by atoms with Crippen LogP contribution in [0.25, 0.3) is 0 Å². The second kappa shape index (κ2) is 6.95. The number of aryl methyl sites for hydroxylation is 2. The van der Waals surface area contributed by atoms with Crippen LogP contribution in [0.15, 0.2) is 46.2 Å². The van der Waals surface area contributed by atoms with Crippen LogP contribution in [0, 0.1) is 13.8 Å². The fourth-order valence-corrected chi connectivity index (χ4v) is 4.35. The second-order valence-corrected chi connectivity index (χ2v) is 10.0. The van der Waals surface area contributed by atoms with Gasteiger partial charge in [-0.1, -0.05) is 23.7 Å². The Morgan fingerprint density at radius 1 is 0.880 bits per heavy atom. The van der Waals surface area contributed by atoms with Crippen molar-refractivity contribution in [2.75, 3.05) is 18.8 Å². The van der Waals surface area contributed by atoms with Crippen LogP contribution in [0.4, 0.5) is 5.69 Å². The predicted molar refractivity (Wildman–Crippen MR) is 99.0 cm³/mol. The zero-order valence-electron chi connectivity index (χ0n) is 14.2. The Hall–Kier alpha value is -1.61. The van der Waals surface area contributed by atoms with Gasteiger partial charge in [-0.3, -0.25) is 4.72 Å². The Kier molecular flexibility index (Phi) is 5.48. The molecule has 0 unspecified atom stereocenters. The number of rotatable bonds is 5. The SMILES string of the molecule is Cc1ccc(S(=O)(=O)Nc2cc(S(=O)(=O)N(C)C)ccc2C)cc1Cl. The summed E-state index contributed by atoms with van der Waals surface area (Å²) in [5.74, 6) is 0. The Morgan fingerprint density at radius 2 is 1.44 bits per heavy atom. The molecule has 9 heteroatoms. The number of nitrogens with zero attached hydrogens (tertiary/aromatic N) is 1. The third-order valence-electron chi connectivity index (χ3n) is 3.69. The van der Waals surface area contributed by atoms with Crippen molar-refractivity contribution in [3.63, 3.8) is 0 Å². The smallest absolute Gasteiger partial charge is 0.261 e. The maximum Gasteiger partial charge on any atom is 0.261 e. The molecule has 0 radical (unpaired) electrons. The van der Waals surface area contributed by atoms with Gasteiger partial charge in [0.15, 0.2) is 0 Å². The van der Waals surface area contributed by atoms with Gasteiger partial charge < -0.3 is 0 Å². The summed E-state index contributed by atoms with van der Waals surface area (Å²) in [6.07, 6.45) is 0. The summed E-state index contributed by atoms with van der Waals surface area (Å²) in [5, 5.41) is 0.337. The van der Waals surface area contributed by atoms with Crippen LogP contribution in [-0.4, -0.2) is 35.2 Å². The number of benzene rings is 2. The molecule has 0 fully saturated rings. The van der Waals surface area contributed by atoms with Crippen LogP contribution in [0.3, 0.4) is 0 Å². The average molecular weight is 403 g/mol. The monoisotopic (exact) mass is 402 g/mol. The van der Waals surface area contributed by atoms with E-state index in [4.69, 9.17) is 11.6 Å². The van der Waals surface area contributed by atoms with E-state index in [-0.39, 0.29) is 15.5 Å². The molecule has 0 aliphatic carbocycles. The van der Waals surface area contributed by atoms with Crippen molar-refractivity contribution in [2.45, 2.75) is 23.6 Å². The molecule has 0 saturated carbocycles. The van der Waals surface area contributed by atoms with E-state index in [1.165, 1.54) is 38.4 Å². The van der Waals surface area contributed by atoms with E-state index >= 15 is 0 Å². The molecule has 0 heterocycles. The Labute approximate surface area is 153 Å². The van der Waals surface area contributed by atoms with E-state index in [1.54, 1.807) is 26.0 Å². The zero-order chi connectivity index (χ0) is 19.0. The Balaban J connectivity index is 2.47. The molecule has 0 spiro atoms. The van der Waals surface area contributed by atoms with Gasteiger partial charge in [-0.15, -0.1) is 0 Å². The summed E-state index contributed by atoms with van der Waals surface area (Å²) in [7, 11) is -4.75. The van der Waals surface area contributed by atoms with E-state index in [0.29, 0.717) is 10.6 Å². The fourth-order valence-electron chi connectivity index (χ4n) is 2.03. The number of hydrogen-bond acceptors (Lipinski definition) is 4. The van der Waals surface area contributed by atoms with Crippen molar-refractivity contribution in [1.82, 2.24) is 4.31 Å². The van der Waals surface area contributed by atoms with E-state index < -0.39 is 20.0 Å². The Morgan fingerprint density at radius 3 is 2.00 bits per heavy atom. The maximum absolute atomic E-state index is 12.6. The standard InChI is InChI=1S/C16H19ClN2O4S2/c1-11-5-7-13(9-15(11)17)24(20,21)18-16-10-14(8-6-12(16)2)25(22,23)19(3)4/h5-10,18H,1-4H3. The molecule has 0 aromatic heterocycles. The van der Waals surface area contributed by atoms with E-state index in [2.05, 4.69) is 4.72 Å². The lowest BCUT2D eigenvalue weighted by Gasteiger charge is -2.15. The van der Waals surface area contributed by atoms with E-state index in [9.17, 15) is 16.8 Å². The van der Waals surface area contributed by atoms with Gasteiger partial charge in [-0.2, -0.15) is 0 Å². The first kappa shape index (κ1) is 19.7. The summed E-state index contributed by atoms with van der Waals surface area (Å²) < 4.78 is 53.2. The highest BCUT2D eigenvalue weighted by molar-refractivity contribution is 7.92. The summed E-state index contributed by atoms with van der Waals surface area (Å²) in [6, 6.07) is 8.70. The minimum absolute atomic E-state index is 0.00254. The van der Waals surface area contributed by atoms with Crippen LogP contribution in [-0.2, 0) is 20.0 Å². The molecular weight excluding hydrogens is 384 g/mol. The topological polar surface area (TPSA) is 83.5 Å². The number of anilines is 1. The molecule has 2 rings (SSSR count). The predicted octanol–water partition coefficient (Wildman–Crippen LogP) is 3.01. The third kappa shape index (κ3) is 4.14. The first-order chi connectivity index (χ1) is 11.4. The quantitative estimate of drug-likeness (QED) is 0.833. The first-order valence-electron chi connectivity index (χ1n) is 7.27. The minimum atomic E-state index is -3.90. The lowest BCUT2D eigenvalue weighted by Crippen LogP contribution is -2.22. The fraction of sp³-hybridized carbons (Fsp3) is 0.250. The summed E-state index contributed by atoms with van der Waals surface area (Å²) in [4.78, 5) is 0.00566. The van der Waals surface area contributed by atoms with Crippen LogP contribution < -0.4 is 4.72 Å². The summed E-state index contributed by atoms with van der Waals surface area (Å²) in [5.41, 5.74) is 1.55. The van der Waals surface area contributed by atoms with Crippen LogP contribution in [0.5, 0.6) is 0 Å². The highest BCUT2D eigenvalue weighted by Gasteiger charge is 2.21. The molecule has 0 amide bonds.